The summed E-state index contributed by atoms with van der Waals surface area (Å²) in [5, 5.41) is 15.0. The van der Waals surface area contributed by atoms with E-state index in [1.807, 2.05) is 0 Å². The Morgan fingerprint density at radius 3 is 2.00 bits per heavy atom. The van der Waals surface area contributed by atoms with Gasteiger partial charge in [-0.25, -0.2) is 4.98 Å². The Morgan fingerprint density at radius 2 is 1.41 bits per heavy atom. The molecule has 0 aliphatic heterocycles. The molecule has 0 aliphatic rings. The summed E-state index contributed by atoms with van der Waals surface area (Å²) in [5.74, 6) is -0.761. The summed E-state index contributed by atoms with van der Waals surface area (Å²) in [6.45, 7) is 2.77. The number of hydrogen-bond donors (Lipinski definition) is 3. The maximum absolute atomic E-state index is 11.9. The van der Waals surface area contributed by atoms with Crippen LogP contribution < -0.4 is 10.6 Å². The molecule has 1 aromatic rings. The zero-order valence-electron chi connectivity index (χ0n) is 20.3. The van der Waals surface area contributed by atoms with Gasteiger partial charge in [-0.1, -0.05) is 67.7 Å². The van der Waals surface area contributed by atoms with E-state index in [0.29, 0.717) is 13.0 Å². The van der Waals surface area contributed by atoms with Gasteiger partial charge in [-0.2, -0.15) is 0 Å². The second-order valence-electron chi connectivity index (χ2n) is 7.58. The smallest absolute Gasteiger partial charge is 0.256 e. The van der Waals surface area contributed by atoms with E-state index in [1.54, 1.807) is 6.07 Å². The molecule has 1 rings (SSSR count). The SMILES string of the molecule is CC/C=C\C/C=C\C/C=C\C/C=C\C/C=C\CCCC(=O)NCCNC(=O)c1cccnc1O. The molecule has 6 heteroatoms. The number of nitrogens with one attached hydrogen (secondary N) is 2. The second kappa shape index (κ2) is 20.2. The first-order chi connectivity index (χ1) is 16.6. The standard InChI is InChI=1S/C28H39N3O3/c1-2-3-4-5-6-7-8-9-10-11-12-13-14-15-16-17-18-21-26(32)29-23-24-31-28(34)25-20-19-22-30-27(25)33/h3-4,6-7,9-10,12-13,15-16,19-20,22H,2,5,8,11,14,17-18,21,23-24H2,1H3,(H,29,32)(H,30,33)(H,31,34)/b4-3-,7-6-,10-9-,13-12-,16-15-. The number of carbonyl (C=O) groups is 2. The molecule has 2 amide bonds. The van der Waals surface area contributed by atoms with Crippen molar-refractivity contribution in [2.24, 2.45) is 0 Å². The van der Waals surface area contributed by atoms with E-state index in [1.165, 1.54) is 12.3 Å². The summed E-state index contributed by atoms with van der Waals surface area (Å²) in [6, 6.07) is 3.07. The van der Waals surface area contributed by atoms with Gasteiger partial charge >= 0.3 is 0 Å². The van der Waals surface area contributed by atoms with Crippen LogP contribution in [0.15, 0.2) is 79.1 Å². The molecule has 0 saturated heterocycles. The first-order valence-electron chi connectivity index (χ1n) is 12.1. The highest BCUT2D eigenvalue weighted by Crippen LogP contribution is 2.10. The average molecular weight is 466 g/mol. The van der Waals surface area contributed by atoms with Gasteiger partial charge in [0.1, 0.15) is 5.56 Å². The molecule has 184 valence electrons. The monoisotopic (exact) mass is 465 g/mol. The molecule has 0 unspecified atom stereocenters. The van der Waals surface area contributed by atoms with E-state index in [0.717, 1.165) is 44.9 Å². The molecular weight excluding hydrogens is 426 g/mol. The van der Waals surface area contributed by atoms with Crippen molar-refractivity contribution >= 4 is 11.8 Å². The normalized spacial score (nSPS) is 12.0. The minimum absolute atomic E-state index is 0.0363. The fourth-order valence-corrected chi connectivity index (χ4v) is 2.88. The van der Waals surface area contributed by atoms with Gasteiger partial charge in [0.05, 0.1) is 0 Å². The molecule has 1 aromatic heterocycles. The van der Waals surface area contributed by atoms with Crippen molar-refractivity contribution in [3.63, 3.8) is 0 Å². The highest BCUT2D eigenvalue weighted by atomic mass is 16.3. The third-order valence-corrected chi connectivity index (χ3v) is 4.70. The summed E-state index contributed by atoms with van der Waals surface area (Å²) < 4.78 is 0. The van der Waals surface area contributed by atoms with E-state index in [2.05, 4.69) is 83.3 Å². The molecule has 0 fully saturated rings. The molecule has 0 atom stereocenters. The summed E-state index contributed by atoms with van der Waals surface area (Å²) in [6.07, 6.45) is 30.1. The maximum atomic E-state index is 11.9. The van der Waals surface area contributed by atoms with Crippen LogP contribution in [-0.4, -0.2) is 35.0 Å². The molecule has 34 heavy (non-hydrogen) atoms. The van der Waals surface area contributed by atoms with Crippen LogP contribution in [0, 0.1) is 0 Å². The number of hydrogen-bond acceptors (Lipinski definition) is 4. The minimum Gasteiger partial charge on any atom is -0.493 e. The number of carbonyl (C=O) groups excluding carboxylic acids is 2. The predicted molar refractivity (Wildman–Crippen MR) is 140 cm³/mol. The zero-order chi connectivity index (χ0) is 24.7. The summed E-state index contributed by atoms with van der Waals surface area (Å²) in [5.41, 5.74) is 0.117. The van der Waals surface area contributed by atoms with Crippen LogP contribution in [0.4, 0.5) is 0 Å². The number of amides is 2. The summed E-state index contributed by atoms with van der Waals surface area (Å²) >= 11 is 0. The van der Waals surface area contributed by atoms with E-state index in [4.69, 9.17) is 0 Å². The number of pyridine rings is 1. The maximum Gasteiger partial charge on any atom is 0.256 e. The van der Waals surface area contributed by atoms with Crippen LogP contribution in [0.5, 0.6) is 5.88 Å². The molecule has 3 N–H and O–H groups in total. The van der Waals surface area contributed by atoms with Crippen LogP contribution in [0.1, 0.15) is 68.6 Å². The van der Waals surface area contributed by atoms with Crippen molar-refractivity contribution in [1.29, 1.82) is 0 Å². The van der Waals surface area contributed by atoms with Gasteiger partial charge in [-0.15, -0.1) is 0 Å². The Morgan fingerprint density at radius 1 is 0.853 bits per heavy atom. The van der Waals surface area contributed by atoms with E-state index in [9.17, 15) is 14.7 Å². The lowest BCUT2D eigenvalue weighted by atomic mass is 10.2. The van der Waals surface area contributed by atoms with Crippen LogP contribution in [0.25, 0.3) is 0 Å². The van der Waals surface area contributed by atoms with Gasteiger partial charge in [0.25, 0.3) is 5.91 Å². The lowest BCUT2D eigenvalue weighted by Gasteiger charge is -2.07. The van der Waals surface area contributed by atoms with Gasteiger partial charge in [0, 0.05) is 25.7 Å². The van der Waals surface area contributed by atoms with Crippen molar-refractivity contribution < 1.29 is 14.7 Å². The minimum atomic E-state index is -0.418. The summed E-state index contributed by atoms with van der Waals surface area (Å²) in [4.78, 5) is 27.4. The number of unbranched alkanes of at least 4 members (excludes halogenated alkanes) is 1. The largest absolute Gasteiger partial charge is 0.493 e. The first-order valence-corrected chi connectivity index (χ1v) is 12.1. The third-order valence-electron chi connectivity index (χ3n) is 4.70. The number of nitrogens with zero attached hydrogens (tertiary/aromatic N) is 1. The lowest BCUT2D eigenvalue weighted by Crippen LogP contribution is -2.34. The fraction of sp³-hybridized carbons (Fsp3) is 0.393. The molecule has 0 radical (unpaired) electrons. The number of aromatic hydroxyl groups is 1. The van der Waals surface area contributed by atoms with Crippen LogP contribution in [0.3, 0.4) is 0 Å². The number of aromatic nitrogens is 1. The van der Waals surface area contributed by atoms with Gasteiger partial charge in [-0.3, -0.25) is 9.59 Å². The summed E-state index contributed by atoms with van der Waals surface area (Å²) in [7, 11) is 0. The van der Waals surface area contributed by atoms with Crippen molar-refractivity contribution in [2.45, 2.75) is 58.3 Å². The van der Waals surface area contributed by atoms with E-state index in [-0.39, 0.29) is 23.9 Å². The Hall–Kier alpha value is -3.41. The lowest BCUT2D eigenvalue weighted by molar-refractivity contribution is -0.121. The van der Waals surface area contributed by atoms with Crippen LogP contribution in [-0.2, 0) is 4.79 Å². The Bertz CT molecular complexity index is 854. The van der Waals surface area contributed by atoms with E-state index < -0.39 is 5.91 Å². The van der Waals surface area contributed by atoms with Crippen molar-refractivity contribution in [2.75, 3.05) is 13.1 Å². The quantitative estimate of drug-likeness (QED) is 0.208. The fourth-order valence-electron chi connectivity index (χ4n) is 2.88. The van der Waals surface area contributed by atoms with Gasteiger partial charge < -0.3 is 15.7 Å². The van der Waals surface area contributed by atoms with Crippen molar-refractivity contribution in [3.05, 3.63) is 84.7 Å². The molecule has 6 nitrogen and oxygen atoms in total. The third kappa shape index (κ3) is 15.4. The highest BCUT2D eigenvalue weighted by Gasteiger charge is 2.10. The zero-order valence-corrected chi connectivity index (χ0v) is 20.3. The second-order valence-corrected chi connectivity index (χ2v) is 7.58. The van der Waals surface area contributed by atoms with Crippen molar-refractivity contribution in [3.8, 4) is 5.88 Å². The van der Waals surface area contributed by atoms with Crippen LogP contribution >= 0.6 is 0 Å². The molecular formula is C28H39N3O3. The molecule has 1 heterocycles. The number of allylic oxidation sites excluding steroid dienone is 10. The van der Waals surface area contributed by atoms with Crippen LogP contribution in [0.2, 0.25) is 0 Å². The highest BCUT2D eigenvalue weighted by molar-refractivity contribution is 5.96. The number of rotatable bonds is 17. The Balaban J connectivity index is 1.98. The van der Waals surface area contributed by atoms with Gasteiger partial charge in [0.2, 0.25) is 11.8 Å². The molecule has 0 aromatic carbocycles. The van der Waals surface area contributed by atoms with Gasteiger partial charge in [-0.05, 0) is 57.1 Å². The van der Waals surface area contributed by atoms with Crippen molar-refractivity contribution in [1.82, 2.24) is 15.6 Å². The topological polar surface area (TPSA) is 91.3 Å². The first kappa shape index (κ1) is 28.6. The molecule has 0 saturated carbocycles. The van der Waals surface area contributed by atoms with Gasteiger partial charge in [0.15, 0.2) is 0 Å². The average Bonchev–Trinajstić information content (AvgIpc) is 2.84. The molecule has 0 aliphatic carbocycles. The Labute approximate surface area is 204 Å². The molecule has 0 bridgehead atoms. The Kier molecular flexibility index (Phi) is 17.0. The predicted octanol–water partition coefficient (Wildman–Crippen LogP) is 5.55. The molecule has 0 spiro atoms. The van der Waals surface area contributed by atoms with E-state index >= 15 is 0 Å².